The summed E-state index contributed by atoms with van der Waals surface area (Å²) in [6.07, 6.45) is 5.38. The Kier molecular flexibility index (Phi) is 5.46. The summed E-state index contributed by atoms with van der Waals surface area (Å²) in [5, 5.41) is 7.94. The SMILES string of the molecule is Cc1ccc(C)c(-n2ccnc2SCC(=O)Nc2ccnn2C(C)C)c1. The van der Waals surface area contributed by atoms with Gasteiger partial charge >= 0.3 is 0 Å². The highest BCUT2D eigenvalue weighted by Gasteiger charge is 2.13. The number of benzene rings is 1. The number of aromatic nitrogens is 4. The van der Waals surface area contributed by atoms with Crippen molar-refractivity contribution in [3.63, 3.8) is 0 Å². The summed E-state index contributed by atoms with van der Waals surface area (Å²) in [6.45, 7) is 8.19. The number of hydrogen-bond acceptors (Lipinski definition) is 4. The van der Waals surface area contributed by atoms with Crippen LogP contribution in [0.1, 0.15) is 31.0 Å². The number of nitrogens with zero attached hydrogens (tertiary/aromatic N) is 4. The van der Waals surface area contributed by atoms with Gasteiger partial charge in [0, 0.05) is 24.5 Å². The molecule has 1 aromatic carbocycles. The first kappa shape index (κ1) is 18.3. The van der Waals surface area contributed by atoms with Gasteiger partial charge in [-0.1, -0.05) is 23.9 Å². The molecule has 0 aliphatic carbocycles. The molecule has 0 bridgehead atoms. The molecular weight excluding hydrogens is 346 g/mol. The molecule has 0 fully saturated rings. The Hall–Kier alpha value is -2.54. The minimum atomic E-state index is -0.0760. The number of imidazole rings is 1. The summed E-state index contributed by atoms with van der Waals surface area (Å²) in [5.74, 6) is 0.918. The van der Waals surface area contributed by atoms with Gasteiger partial charge in [0.25, 0.3) is 0 Å². The number of rotatable bonds is 6. The number of aryl methyl sites for hydroxylation is 2. The highest BCUT2D eigenvalue weighted by molar-refractivity contribution is 7.99. The van der Waals surface area contributed by atoms with Gasteiger partial charge in [0.2, 0.25) is 5.91 Å². The van der Waals surface area contributed by atoms with Crippen molar-refractivity contribution < 1.29 is 4.79 Å². The van der Waals surface area contributed by atoms with Gasteiger partial charge in [0.1, 0.15) is 5.82 Å². The normalized spacial score (nSPS) is 11.1. The molecular formula is C19H23N5OS. The Morgan fingerprint density at radius 2 is 2.04 bits per heavy atom. The first-order chi connectivity index (χ1) is 12.5. The second-order valence-electron chi connectivity index (χ2n) is 6.46. The summed E-state index contributed by atoms with van der Waals surface area (Å²) < 4.78 is 3.82. The van der Waals surface area contributed by atoms with E-state index in [0.717, 1.165) is 10.8 Å². The van der Waals surface area contributed by atoms with E-state index in [0.29, 0.717) is 5.82 Å². The van der Waals surface area contributed by atoms with Gasteiger partial charge in [-0.3, -0.25) is 9.36 Å². The maximum Gasteiger partial charge on any atom is 0.235 e. The molecule has 0 saturated carbocycles. The summed E-state index contributed by atoms with van der Waals surface area (Å²) in [6, 6.07) is 8.31. The molecule has 6 nitrogen and oxygen atoms in total. The third kappa shape index (κ3) is 3.99. The van der Waals surface area contributed by atoms with Crippen LogP contribution in [0.25, 0.3) is 5.69 Å². The number of hydrogen-bond donors (Lipinski definition) is 1. The van der Waals surface area contributed by atoms with Crippen LogP contribution in [-0.4, -0.2) is 31.0 Å². The summed E-state index contributed by atoms with van der Waals surface area (Å²) in [4.78, 5) is 16.7. The van der Waals surface area contributed by atoms with E-state index in [1.807, 2.05) is 24.6 Å². The lowest BCUT2D eigenvalue weighted by Gasteiger charge is -2.13. The van der Waals surface area contributed by atoms with Gasteiger partial charge in [-0.25, -0.2) is 9.67 Å². The molecule has 0 aliphatic rings. The summed E-state index contributed by atoms with van der Waals surface area (Å²) in [7, 11) is 0. The van der Waals surface area contributed by atoms with E-state index in [1.54, 1.807) is 23.1 Å². The third-order valence-electron chi connectivity index (χ3n) is 3.99. The lowest BCUT2D eigenvalue weighted by molar-refractivity contribution is -0.113. The van der Waals surface area contributed by atoms with Gasteiger partial charge < -0.3 is 5.32 Å². The molecule has 3 rings (SSSR count). The van der Waals surface area contributed by atoms with Crippen molar-refractivity contribution >= 4 is 23.5 Å². The van der Waals surface area contributed by atoms with E-state index >= 15 is 0 Å². The predicted octanol–water partition coefficient (Wildman–Crippen LogP) is 4.00. The second kappa shape index (κ2) is 7.78. The maximum atomic E-state index is 12.3. The summed E-state index contributed by atoms with van der Waals surface area (Å²) in [5.41, 5.74) is 3.44. The molecule has 1 N–H and O–H groups in total. The zero-order chi connectivity index (χ0) is 18.7. The summed E-state index contributed by atoms with van der Waals surface area (Å²) >= 11 is 1.42. The van der Waals surface area contributed by atoms with E-state index in [2.05, 4.69) is 47.4 Å². The molecule has 7 heteroatoms. The van der Waals surface area contributed by atoms with Gasteiger partial charge in [0.15, 0.2) is 5.16 Å². The molecule has 0 radical (unpaired) electrons. The molecule has 2 heterocycles. The third-order valence-corrected chi connectivity index (χ3v) is 4.96. The number of nitrogens with one attached hydrogen (secondary N) is 1. The highest BCUT2D eigenvalue weighted by atomic mass is 32.2. The lowest BCUT2D eigenvalue weighted by atomic mass is 10.1. The monoisotopic (exact) mass is 369 g/mol. The van der Waals surface area contributed by atoms with Crippen LogP contribution in [0.2, 0.25) is 0 Å². The molecule has 3 aromatic rings. The number of carbonyl (C=O) groups excluding carboxylic acids is 1. The van der Waals surface area contributed by atoms with E-state index in [1.165, 1.54) is 22.9 Å². The van der Waals surface area contributed by atoms with Crippen molar-refractivity contribution in [1.82, 2.24) is 19.3 Å². The Morgan fingerprint density at radius 1 is 1.23 bits per heavy atom. The zero-order valence-corrected chi connectivity index (χ0v) is 16.2. The number of anilines is 1. The Bertz CT molecular complexity index is 912. The smallest absolute Gasteiger partial charge is 0.235 e. The topological polar surface area (TPSA) is 64.7 Å². The number of carbonyl (C=O) groups is 1. The van der Waals surface area contributed by atoms with E-state index < -0.39 is 0 Å². The zero-order valence-electron chi connectivity index (χ0n) is 15.4. The van der Waals surface area contributed by atoms with Crippen LogP contribution in [0.5, 0.6) is 0 Å². The van der Waals surface area contributed by atoms with Gasteiger partial charge in [-0.15, -0.1) is 0 Å². The molecule has 1 amide bonds. The van der Waals surface area contributed by atoms with E-state index in [9.17, 15) is 4.79 Å². The fraction of sp³-hybridized carbons (Fsp3) is 0.316. The predicted molar refractivity (Wildman–Crippen MR) is 105 cm³/mol. The van der Waals surface area contributed by atoms with Crippen LogP contribution in [0, 0.1) is 13.8 Å². The van der Waals surface area contributed by atoms with Crippen LogP contribution in [0.3, 0.4) is 0 Å². The Morgan fingerprint density at radius 3 is 2.81 bits per heavy atom. The lowest BCUT2D eigenvalue weighted by Crippen LogP contribution is -2.18. The van der Waals surface area contributed by atoms with Gasteiger partial charge in [-0.2, -0.15) is 5.10 Å². The average molecular weight is 369 g/mol. The van der Waals surface area contributed by atoms with Crippen LogP contribution in [-0.2, 0) is 4.79 Å². The van der Waals surface area contributed by atoms with Gasteiger partial charge in [0.05, 0.1) is 17.6 Å². The second-order valence-corrected chi connectivity index (χ2v) is 7.40. The Labute approximate surface area is 157 Å². The Balaban J connectivity index is 1.69. The van der Waals surface area contributed by atoms with Crippen molar-refractivity contribution in [3.8, 4) is 5.69 Å². The molecule has 26 heavy (non-hydrogen) atoms. The van der Waals surface area contributed by atoms with Gasteiger partial charge in [-0.05, 0) is 44.9 Å². The number of amides is 1. The molecule has 0 spiro atoms. The molecule has 136 valence electrons. The highest BCUT2D eigenvalue weighted by Crippen LogP contribution is 2.24. The van der Waals surface area contributed by atoms with E-state index in [-0.39, 0.29) is 17.7 Å². The van der Waals surface area contributed by atoms with Crippen molar-refractivity contribution in [2.45, 2.75) is 38.9 Å². The number of thioether (sulfide) groups is 1. The first-order valence-corrected chi connectivity index (χ1v) is 9.51. The van der Waals surface area contributed by atoms with Crippen LogP contribution >= 0.6 is 11.8 Å². The first-order valence-electron chi connectivity index (χ1n) is 8.53. The van der Waals surface area contributed by atoms with Crippen molar-refractivity contribution in [3.05, 3.63) is 54.0 Å². The van der Waals surface area contributed by atoms with Crippen LogP contribution in [0.15, 0.2) is 48.0 Å². The van der Waals surface area contributed by atoms with E-state index in [4.69, 9.17) is 0 Å². The largest absolute Gasteiger partial charge is 0.310 e. The molecule has 2 aromatic heterocycles. The minimum Gasteiger partial charge on any atom is -0.310 e. The quantitative estimate of drug-likeness (QED) is 0.667. The fourth-order valence-electron chi connectivity index (χ4n) is 2.69. The van der Waals surface area contributed by atoms with Crippen molar-refractivity contribution in [1.29, 1.82) is 0 Å². The standard InChI is InChI=1S/C19H23N5OS/c1-13(2)24-17(7-8-21-24)22-18(25)12-26-19-20-9-10-23(19)16-11-14(3)5-6-15(16)4/h5-11,13H,12H2,1-4H3,(H,22,25). The van der Waals surface area contributed by atoms with Crippen LogP contribution in [0.4, 0.5) is 5.82 Å². The molecule has 0 unspecified atom stereocenters. The molecule has 0 atom stereocenters. The maximum absolute atomic E-state index is 12.3. The molecule has 0 aliphatic heterocycles. The minimum absolute atomic E-state index is 0.0760. The van der Waals surface area contributed by atoms with Crippen LogP contribution < -0.4 is 5.32 Å². The van der Waals surface area contributed by atoms with Crippen molar-refractivity contribution in [2.75, 3.05) is 11.1 Å². The average Bonchev–Trinajstić information content (AvgIpc) is 3.24. The fourth-order valence-corrected chi connectivity index (χ4v) is 3.46. The molecule has 0 saturated heterocycles. The van der Waals surface area contributed by atoms with Crippen molar-refractivity contribution in [2.24, 2.45) is 0 Å².